The maximum atomic E-state index is 5.99. The van der Waals surface area contributed by atoms with Crippen molar-refractivity contribution in [1.82, 2.24) is 15.0 Å². The van der Waals surface area contributed by atoms with Crippen LogP contribution in [0, 0.1) is 6.92 Å². The molecule has 0 spiro atoms. The maximum Gasteiger partial charge on any atom is 0.152 e. The average molecular weight is 235 g/mol. The number of hydrogen-bond acceptors (Lipinski definition) is 4. The van der Waals surface area contributed by atoms with Gasteiger partial charge in [0.1, 0.15) is 0 Å². The predicted molar refractivity (Wildman–Crippen MR) is 63.3 cm³/mol. The topological polar surface area (TPSA) is 50.7 Å². The third-order valence-electron chi connectivity index (χ3n) is 2.18. The molecule has 82 valence electrons. The fraction of sp³-hybridized carbons (Fsp3) is 0.182. The SMILES string of the molecule is Cc1ccnc(Cl)c1NCc1cnccn1. The molecule has 2 aromatic rings. The van der Waals surface area contributed by atoms with Gasteiger partial charge < -0.3 is 5.32 Å². The molecule has 0 unspecified atom stereocenters. The van der Waals surface area contributed by atoms with Crippen molar-refractivity contribution in [3.05, 3.63) is 47.3 Å². The Bertz CT molecular complexity index is 452. The largest absolute Gasteiger partial charge is 0.377 e. The van der Waals surface area contributed by atoms with Crippen LogP contribution in [0.1, 0.15) is 11.3 Å². The molecular formula is C11H11ClN4. The molecule has 0 aliphatic heterocycles. The van der Waals surface area contributed by atoms with Gasteiger partial charge in [0.15, 0.2) is 5.15 Å². The second-order valence-corrected chi connectivity index (χ2v) is 3.70. The van der Waals surface area contributed by atoms with Gasteiger partial charge >= 0.3 is 0 Å². The molecule has 4 nitrogen and oxygen atoms in total. The van der Waals surface area contributed by atoms with Gasteiger partial charge in [-0.2, -0.15) is 0 Å². The Morgan fingerprint density at radius 3 is 2.81 bits per heavy atom. The standard InChI is InChI=1S/C11H11ClN4/c1-8-2-3-15-11(12)10(8)16-7-9-6-13-4-5-14-9/h2-6,16H,7H2,1H3. The number of aromatic nitrogens is 3. The van der Waals surface area contributed by atoms with Crippen LogP contribution in [-0.2, 0) is 6.54 Å². The van der Waals surface area contributed by atoms with E-state index in [0.29, 0.717) is 11.7 Å². The summed E-state index contributed by atoms with van der Waals surface area (Å²) in [4.78, 5) is 12.2. The molecule has 0 bridgehead atoms. The summed E-state index contributed by atoms with van der Waals surface area (Å²) in [5.41, 5.74) is 2.76. The van der Waals surface area contributed by atoms with Gasteiger partial charge in [0.05, 0.1) is 24.1 Å². The monoisotopic (exact) mass is 234 g/mol. The Labute approximate surface area is 98.7 Å². The molecule has 0 aliphatic carbocycles. The van der Waals surface area contributed by atoms with E-state index < -0.39 is 0 Å². The van der Waals surface area contributed by atoms with Crippen molar-refractivity contribution in [2.45, 2.75) is 13.5 Å². The highest BCUT2D eigenvalue weighted by Gasteiger charge is 2.04. The van der Waals surface area contributed by atoms with Crippen molar-refractivity contribution in [2.75, 3.05) is 5.32 Å². The smallest absolute Gasteiger partial charge is 0.152 e. The Hall–Kier alpha value is -1.68. The third-order valence-corrected chi connectivity index (χ3v) is 2.46. The van der Waals surface area contributed by atoms with Crippen LogP contribution in [0.15, 0.2) is 30.9 Å². The zero-order valence-corrected chi connectivity index (χ0v) is 9.57. The first kappa shape index (κ1) is 10.8. The van der Waals surface area contributed by atoms with Crippen LogP contribution in [0.2, 0.25) is 5.15 Å². The Morgan fingerprint density at radius 1 is 1.25 bits per heavy atom. The molecule has 1 N–H and O–H groups in total. The van der Waals surface area contributed by atoms with Crippen LogP contribution in [0.5, 0.6) is 0 Å². The van der Waals surface area contributed by atoms with Crippen LogP contribution in [0.25, 0.3) is 0 Å². The Balaban J connectivity index is 2.11. The number of aryl methyl sites for hydroxylation is 1. The molecule has 0 radical (unpaired) electrons. The molecule has 2 heterocycles. The summed E-state index contributed by atoms with van der Waals surface area (Å²) in [6.45, 7) is 2.56. The summed E-state index contributed by atoms with van der Waals surface area (Å²) in [7, 11) is 0. The highest BCUT2D eigenvalue weighted by molar-refractivity contribution is 6.32. The highest BCUT2D eigenvalue weighted by Crippen LogP contribution is 2.22. The first-order chi connectivity index (χ1) is 7.77. The van der Waals surface area contributed by atoms with Gasteiger partial charge in [-0.25, -0.2) is 4.98 Å². The predicted octanol–water partition coefficient (Wildman–Crippen LogP) is 2.45. The lowest BCUT2D eigenvalue weighted by molar-refractivity contribution is 1.00. The summed E-state index contributed by atoms with van der Waals surface area (Å²) in [5, 5.41) is 3.68. The van der Waals surface area contributed by atoms with E-state index in [2.05, 4.69) is 20.3 Å². The molecule has 0 saturated heterocycles. The fourth-order valence-electron chi connectivity index (χ4n) is 1.34. The molecule has 2 rings (SSSR count). The van der Waals surface area contributed by atoms with E-state index >= 15 is 0 Å². The Kier molecular flexibility index (Phi) is 3.31. The molecular weight excluding hydrogens is 224 g/mol. The maximum absolute atomic E-state index is 5.99. The van der Waals surface area contributed by atoms with Crippen LogP contribution in [-0.4, -0.2) is 15.0 Å². The van der Waals surface area contributed by atoms with E-state index in [9.17, 15) is 0 Å². The first-order valence-electron chi connectivity index (χ1n) is 4.87. The molecule has 0 fully saturated rings. The Morgan fingerprint density at radius 2 is 2.12 bits per heavy atom. The van der Waals surface area contributed by atoms with Gasteiger partial charge in [0.25, 0.3) is 0 Å². The van der Waals surface area contributed by atoms with Gasteiger partial charge in [-0.05, 0) is 18.6 Å². The van der Waals surface area contributed by atoms with Crippen molar-refractivity contribution < 1.29 is 0 Å². The van der Waals surface area contributed by atoms with Crippen LogP contribution in [0.4, 0.5) is 5.69 Å². The lowest BCUT2D eigenvalue weighted by Gasteiger charge is -2.09. The van der Waals surface area contributed by atoms with Gasteiger partial charge in [-0.3, -0.25) is 9.97 Å². The fourth-order valence-corrected chi connectivity index (χ4v) is 1.61. The van der Waals surface area contributed by atoms with Crippen molar-refractivity contribution in [3.8, 4) is 0 Å². The van der Waals surface area contributed by atoms with Gasteiger partial charge in [0, 0.05) is 18.6 Å². The molecule has 0 saturated carbocycles. The van der Waals surface area contributed by atoms with E-state index in [4.69, 9.17) is 11.6 Å². The van der Waals surface area contributed by atoms with Crippen molar-refractivity contribution in [2.24, 2.45) is 0 Å². The summed E-state index contributed by atoms with van der Waals surface area (Å²) < 4.78 is 0. The number of pyridine rings is 1. The zero-order valence-electron chi connectivity index (χ0n) is 8.81. The summed E-state index contributed by atoms with van der Waals surface area (Å²) in [5.74, 6) is 0. The normalized spacial score (nSPS) is 10.1. The number of halogens is 1. The number of nitrogens with one attached hydrogen (secondary N) is 1. The van der Waals surface area contributed by atoms with Crippen LogP contribution >= 0.6 is 11.6 Å². The van der Waals surface area contributed by atoms with Crippen molar-refractivity contribution in [1.29, 1.82) is 0 Å². The van der Waals surface area contributed by atoms with Gasteiger partial charge in [0.2, 0.25) is 0 Å². The van der Waals surface area contributed by atoms with Crippen molar-refractivity contribution >= 4 is 17.3 Å². The lowest BCUT2D eigenvalue weighted by atomic mass is 10.2. The lowest BCUT2D eigenvalue weighted by Crippen LogP contribution is -2.04. The number of rotatable bonds is 3. The molecule has 0 aromatic carbocycles. The molecule has 0 aliphatic rings. The number of anilines is 1. The van der Waals surface area contributed by atoms with Crippen molar-refractivity contribution in [3.63, 3.8) is 0 Å². The number of hydrogen-bond donors (Lipinski definition) is 1. The third kappa shape index (κ3) is 2.46. The summed E-state index contributed by atoms with van der Waals surface area (Å²) in [6, 6.07) is 1.91. The van der Waals surface area contributed by atoms with Gasteiger partial charge in [-0.1, -0.05) is 11.6 Å². The van der Waals surface area contributed by atoms with Gasteiger partial charge in [-0.15, -0.1) is 0 Å². The second kappa shape index (κ2) is 4.90. The molecule has 16 heavy (non-hydrogen) atoms. The number of nitrogens with zero attached hydrogens (tertiary/aromatic N) is 3. The molecule has 0 amide bonds. The van der Waals surface area contributed by atoms with E-state index in [0.717, 1.165) is 16.9 Å². The second-order valence-electron chi connectivity index (χ2n) is 3.34. The average Bonchev–Trinajstić information content (AvgIpc) is 2.30. The zero-order chi connectivity index (χ0) is 11.4. The molecule has 2 aromatic heterocycles. The minimum Gasteiger partial charge on any atom is -0.377 e. The summed E-state index contributed by atoms with van der Waals surface area (Å²) >= 11 is 5.99. The summed E-state index contributed by atoms with van der Waals surface area (Å²) in [6.07, 6.45) is 6.71. The first-order valence-corrected chi connectivity index (χ1v) is 5.25. The quantitative estimate of drug-likeness (QED) is 0.829. The van der Waals surface area contributed by atoms with E-state index in [-0.39, 0.29) is 0 Å². The minimum absolute atomic E-state index is 0.476. The molecule has 5 heteroatoms. The van der Waals surface area contributed by atoms with Crippen LogP contribution < -0.4 is 5.32 Å². The van der Waals surface area contributed by atoms with E-state index in [1.807, 2.05) is 13.0 Å². The van der Waals surface area contributed by atoms with E-state index in [1.165, 1.54) is 0 Å². The molecule has 0 atom stereocenters. The minimum atomic E-state index is 0.476. The van der Waals surface area contributed by atoms with E-state index in [1.54, 1.807) is 24.8 Å². The highest BCUT2D eigenvalue weighted by atomic mass is 35.5. The van der Waals surface area contributed by atoms with Crippen LogP contribution in [0.3, 0.4) is 0 Å².